The fourth-order valence-electron chi connectivity index (χ4n) is 5.42. The Bertz CT molecular complexity index is 1680. The smallest absolute Gasteiger partial charge is 0.349 e. The average molecular weight is 527 g/mol. The number of imidazole rings is 1. The van der Waals surface area contributed by atoms with Gasteiger partial charge in [-0.25, -0.2) is 4.57 Å². The van der Waals surface area contributed by atoms with Gasteiger partial charge in [-0.2, -0.15) is 4.40 Å². The quantitative estimate of drug-likeness (QED) is 0.207. The number of fused-ring (bicyclic) bond motifs is 7. The number of thiazole rings is 1. The van der Waals surface area contributed by atoms with E-state index in [-0.39, 0.29) is 24.0 Å². The van der Waals surface area contributed by atoms with Crippen LogP contribution >= 0.6 is 11.3 Å². The normalized spacial score (nSPS) is 15.0. The van der Waals surface area contributed by atoms with Crippen molar-refractivity contribution in [2.45, 2.75) is 45.7 Å². The third-order valence-corrected chi connectivity index (χ3v) is 8.04. The van der Waals surface area contributed by atoms with Crippen LogP contribution < -0.4 is 14.6 Å². The molecule has 3 heterocycles. The predicted molar refractivity (Wildman–Crippen MR) is 153 cm³/mol. The maximum Gasteiger partial charge on any atom is 0.349 e. The van der Waals surface area contributed by atoms with Crippen molar-refractivity contribution < 1.29 is 18.8 Å². The summed E-state index contributed by atoms with van der Waals surface area (Å²) in [5.74, 6) is 1.58. The Hall–Kier alpha value is -3.84. The van der Waals surface area contributed by atoms with Gasteiger partial charge in [-0.05, 0) is 39.1 Å². The van der Waals surface area contributed by atoms with Crippen LogP contribution in [-0.4, -0.2) is 29.6 Å². The molecule has 0 radical (unpaired) electrons. The SMILES string of the molecule is COC(=O)CC1COc2c(ccc3ccccc23)-c2c(NC(C)(C)C)n3c(-c4ccccc4)c(C)sc3[n+]21. The predicted octanol–water partition coefficient (Wildman–Crippen LogP) is 6.79. The summed E-state index contributed by atoms with van der Waals surface area (Å²) in [6.07, 6.45) is 0.215. The summed E-state index contributed by atoms with van der Waals surface area (Å²) < 4.78 is 16.3. The van der Waals surface area contributed by atoms with Crippen LogP contribution in [0.5, 0.6) is 5.75 Å². The number of rotatable bonds is 4. The highest BCUT2D eigenvalue weighted by atomic mass is 32.1. The number of ether oxygens (including phenoxy) is 2. The van der Waals surface area contributed by atoms with Crippen LogP contribution in [0.25, 0.3) is 38.2 Å². The number of anilines is 1. The summed E-state index contributed by atoms with van der Waals surface area (Å²) in [5.41, 5.74) is 4.12. The lowest BCUT2D eigenvalue weighted by Gasteiger charge is -2.21. The molecule has 1 aliphatic heterocycles. The number of carbonyl (C=O) groups excluding carboxylic acids is 1. The molecule has 7 heteroatoms. The highest BCUT2D eigenvalue weighted by Gasteiger charge is 2.41. The molecule has 3 aromatic carbocycles. The van der Waals surface area contributed by atoms with Crippen molar-refractivity contribution in [1.29, 1.82) is 0 Å². The Morgan fingerprint density at radius 1 is 1.11 bits per heavy atom. The number of hydrogen-bond donors (Lipinski definition) is 1. The second-order valence-electron chi connectivity index (χ2n) is 10.8. The second-order valence-corrected chi connectivity index (χ2v) is 12.0. The summed E-state index contributed by atoms with van der Waals surface area (Å²) in [6, 6.07) is 22.9. The van der Waals surface area contributed by atoms with Gasteiger partial charge >= 0.3 is 10.9 Å². The maximum absolute atomic E-state index is 12.6. The van der Waals surface area contributed by atoms with E-state index in [1.54, 1.807) is 11.3 Å². The minimum Gasteiger partial charge on any atom is -0.488 e. The monoisotopic (exact) mass is 526 g/mol. The molecule has 1 N–H and O–H groups in total. The second kappa shape index (κ2) is 9.17. The van der Waals surface area contributed by atoms with Crippen LogP contribution in [0.1, 0.15) is 38.1 Å². The van der Waals surface area contributed by atoms with Gasteiger partial charge < -0.3 is 14.8 Å². The molecule has 38 heavy (non-hydrogen) atoms. The van der Waals surface area contributed by atoms with Crippen molar-refractivity contribution in [2.75, 3.05) is 19.0 Å². The van der Waals surface area contributed by atoms with Crippen molar-refractivity contribution >= 4 is 38.9 Å². The first-order valence-electron chi connectivity index (χ1n) is 12.9. The van der Waals surface area contributed by atoms with Gasteiger partial charge in [0.05, 0.1) is 24.0 Å². The fourth-order valence-corrected chi connectivity index (χ4v) is 6.62. The van der Waals surface area contributed by atoms with Crippen molar-refractivity contribution in [3.8, 4) is 28.3 Å². The van der Waals surface area contributed by atoms with E-state index in [9.17, 15) is 4.79 Å². The minimum atomic E-state index is -0.255. The van der Waals surface area contributed by atoms with E-state index in [0.29, 0.717) is 6.61 Å². The highest BCUT2D eigenvalue weighted by Crippen LogP contribution is 2.45. The molecule has 0 saturated carbocycles. The summed E-state index contributed by atoms with van der Waals surface area (Å²) >= 11 is 1.74. The minimum absolute atomic E-state index is 0.214. The molecule has 0 bridgehead atoms. The number of aryl methyl sites for hydroxylation is 1. The van der Waals surface area contributed by atoms with Gasteiger partial charge in [0.25, 0.3) is 0 Å². The maximum atomic E-state index is 12.6. The van der Waals surface area contributed by atoms with Crippen LogP contribution in [0.2, 0.25) is 0 Å². The van der Waals surface area contributed by atoms with Gasteiger partial charge in [0.2, 0.25) is 11.5 Å². The number of methoxy groups -OCH3 is 1. The lowest BCUT2D eigenvalue weighted by atomic mass is 10.0. The molecular weight excluding hydrogens is 494 g/mol. The number of hydrogen-bond acceptors (Lipinski definition) is 5. The van der Waals surface area contributed by atoms with Crippen molar-refractivity contribution in [3.63, 3.8) is 0 Å². The van der Waals surface area contributed by atoms with E-state index in [0.717, 1.165) is 49.8 Å². The zero-order valence-corrected chi connectivity index (χ0v) is 23.2. The van der Waals surface area contributed by atoms with E-state index < -0.39 is 0 Å². The number of nitrogens with zero attached hydrogens (tertiary/aromatic N) is 2. The molecule has 194 valence electrons. The summed E-state index contributed by atoms with van der Waals surface area (Å²) in [5, 5.41) is 6.02. The van der Waals surface area contributed by atoms with Crippen LogP contribution in [0.15, 0.2) is 66.7 Å². The molecule has 1 atom stereocenters. The van der Waals surface area contributed by atoms with Gasteiger partial charge in [-0.15, -0.1) is 0 Å². The Labute approximate surface area is 226 Å². The Morgan fingerprint density at radius 2 is 1.84 bits per heavy atom. The first-order valence-corrected chi connectivity index (χ1v) is 13.7. The third kappa shape index (κ3) is 4.02. The largest absolute Gasteiger partial charge is 0.488 e. The number of nitrogens with one attached hydrogen (secondary N) is 1. The van der Waals surface area contributed by atoms with E-state index in [1.807, 2.05) is 18.2 Å². The lowest BCUT2D eigenvalue weighted by Crippen LogP contribution is -2.43. The van der Waals surface area contributed by atoms with E-state index in [1.165, 1.54) is 12.0 Å². The topological polar surface area (TPSA) is 55.9 Å². The summed E-state index contributed by atoms with van der Waals surface area (Å²) in [6.45, 7) is 9.04. The highest BCUT2D eigenvalue weighted by molar-refractivity contribution is 7.17. The number of aromatic nitrogens is 2. The van der Waals surface area contributed by atoms with Crippen molar-refractivity contribution in [2.24, 2.45) is 0 Å². The molecule has 6 nitrogen and oxygen atoms in total. The van der Waals surface area contributed by atoms with E-state index >= 15 is 0 Å². The van der Waals surface area contributed by atoms with E-state index in [4.69, 9.17) is 9.47 Å². The van der Waals surface area contributed by atoms with Gasteiger partial charge in [0.15, 0.2) is 5.69 Å². The number of esters is 1. The van der Waals surface area contributed by atoms with Crippen LogP contribution in [0, 0.1) is 6.92 Å². The number of benzene rings is 3. The molecule has 2 aromatic heterocycles. The van der Waals surface area contributed by atoms with Gasteiger partial charge in [-0.1, -0.05) is 72.0 Å². The molecule has 5 aromatic rings. The van der Waals surface area contributed by atoms with Gasteiger partial charge in [-0.3, -0.25) is 4.79 Å². The molecular formula is C31H32N3O3S+. The molecule has 1 unspecified atom stereocenters. The molecule has 0 amide bonds. The number of carbonyl (C=O) groups is 1. The van der Waals surface area contributed by atoms with Crippen molar-refractivity contribution in [1.82, 2.24) is 4.40 Å². The standard InChI is InChI=1S/C31H32N3O3S/c1-19-26(21-12-7-6-8-13-21)34-29(32-31(2,3)4)27-24-16-15-20-11-9-10-14-23(20)28(24)37-18-22(17-25(35)36-5)33(27)30(34)38-19/h6-16,22,32H,17-18H2,1-5H3/q+1. The Balaban J connectivity index is 1.75. The average Bonchev–Trinajstić information content (AvgIpc) is 3.31. The molecule has 0 saturated heterocycles. The molecule has 6 rings (SSSR count). The molecule has 0 fully saturated rings. The molecule has 1 aliphatic rings. The molecule has 0 aliphatic carbocycles. The van der Waals surface area contributed by atoms with Gasteiger partial charge in [0.1, 0.15) is 18.4 Å². The fraction of sp³-hybridized carbons (Fsp3) is 0.290. The van der Waals surface area contributed by atoms with E-state index in [2.05, 4.69) is 90.5 Å². The Kier molecular flexibility index (Phi) is 5.91. The zero-order valence-electron chi connectivity index (χ0n) is 22.4. The first kappa shape index (κ1) is 24.5. The third-order valence-electron chi connectivity index (χ3n) is 6.98. The van der Waals surface area contributed by atoms with Crippen LogP contribution in [0.4, 0.5) is 5.82 Å². The summed E-state index contributed by atoms with van der Waals surface area (Å²) in [4.78, 5) is 14.9. The first-order chi connectivity index (χ1) is 18.3. The van der Waals surface area contributed by atoms with Crippen molar-refractivity contribution in [3.05, 3.63) is 71.6 Å². The lowest BCUT2D eigenvalue weighted by molar-refractivity contribution is -0.684. The zero-order chi connectivity index (χ0) is 26.6. The molecule has 0 spiro atoms. The van der Waals surface area contributed by atoms with Gasteiger partial charge in [0, 0.05) is 16.5 Å². The van der Waals surface area contributed by atoms with Crippen LogP contribution in [0.3, 0.4) is 0 Å². The van der Waals surface area contributed by atoms with Crippen LogP contribution in [-0.2, 0) is 9.53 Å². The summed E-state index contributed by atoms with van der Waals surface area (Å²) in [7, 11) is 1.44. The Morgan fingerprint density at radius 3 is 2.58 bits per heavy atom.